The number of aromatic nitrogens is 1. The molecule has 1 aliphatic rings. The van der Waals surface area contributed by atoms with Gasteiger partial charge in [-0.2, -0.15) is 0 Å². The Bertz CT molecular complexity index is 1490. The van der Waals surface area contributed by atoms with Crippen molar-refractivity contribution in [2.45, 2.75) is 19.4 Å². The van der Waals surface area contributed by atoms with Crippen LogP contribution in [-0.4, -0.2) is 40.3 Å². The Morgan fingerprint density at radius 2 is 1.78 bits per heavy atom. The summed E-state index contributed by atoms with van der Waals surface area (Å²) < 4.78 is 5.36. The number of nitrogens with zero attached hydrogens (tertiary/aromatic N) is 1. The summed E-state index contributed by atoms with van der Waals surface area (Å²) in [6.45, 7) is 2.27. The third-order valence-electron chi connectivity index (χ3n) is 6.65. The van der Waals surface area contributed by atoms with Crippen LogP contribution in [0, 0.1) is 6.92 Å². The van der Waals surface area contributed by atoms with Crippen molar-refractivity contribution in [1.29, 1.82) is 0 Å². The predicted molar refractivity (Wildman–Crippen MR) is 140 cm³/mol. The number of ketones is 1. The lowest BCUT2D eigenvalue weighted by Gasteiger charge is -2.25. The molecule has 0 spiro atoms. The maximum atomic E-state index is 13.3. The van der Waals surface area contributed by atoms with E-state index in [1.54, 1.807) is 36.3 Å². The average Bonchev–Trinajstić information content (AvgIpc) is 3.40. The van der Waals surface area contributed by atoms with Gasteiger partial charge in [0.05, 0.1) is 18.7 Å². The fourth-order valence-electron chi connectivity index (χ4n) is 4.70. The summed E-state index contributed by atoms with van der Waals surface area (Å²) in [5.74, 6) is -0.802. The van der Waals surface area contributed by atoms with Gasteiger partial charge in [0, 0.05) is 34.2 Å². The van der Waals surface area contributed by atoms with Gasteiger partial charge in [-0.05, 0) is 66.9 Å². The van der Waals surface area contributed by atoms with E-state index in [2.05, 4.69) is 4.98 Å². The largest absolute Gasteiger partial charge is 0.507 e. The van der Waals surface area contributed by atoms with Crippen molar-refractivity contribution < 1.29 is 19.4 Å². The highest BCUT2D eigenvalue weighted by Gasteiger charge is 2.45. The number of hydrogen-bond acceptors (Lipinski definition) is 4. The number of methoxy groups -OCH3 is 1. The van der Waals surface area contributed by atoms with Crippen LogP contribution >= 0.6 is 11.6 Å². The highest BCUT2D eigenvalue weighted by atomic mass is 35.5. The average molecular weight is 501 g/mol. The SMILES string of the molecule is COc1ccc2[nH]cc(CCN3C(=O)C(=O)C(=C(O)c4ccc(Cl)cc4)[C@H]3c3ccc(C)cc3)c2c1. The number of likely N-dealkylation sites (tertiary alicyclic amines) is 1. The number of carbonyl (C=O) groups excluding carboxylic acids is 2. The molecule has 6 nitrogen and oxygen atoms in total. The van der Waals surface area contributed by atoms with E-state index < -0.39 is 17.7 Å². The standard InChI is InChI=1S/C29H25ClN2O4/c1-17-3-5-18(6-4-17)26-25(27(33)19-7-9-21(30)10-8-19)28(34)29(35)32(26)14-13-20-16-31-24-12-11-22(36-2)15-23(20)24/h3-12,15-16,26,31,33H,13-14H2,1-2H3/t26-/m1/s1. The second-order valence-electron chi connectivity index (χ2n) is 8.89. The number of hydrogen-bond donors (Lipinski definition) is 2. The van der Waals surface area contributed by atoms with Crippen LogP contribution in [0.4, 0.5) is 0 Å². The van der Waals surface area contributed by atoms with Gasteiger partial charge in [0.1, 0.15) is 11.5 Å². The van der Waals surface area contributed by atoms with Crippen molar-refractivity contribution >= 4 is 40.0 Å². The normalized spacial score (nSPS) is 17.2. The summed E-state index contributed by atoms with van der Waals surface area (Å²) in [6.07, 6.45) is 2.43. The van der Waals surface area contributed by atoms with Gasteiger partial charge in [0.2, 0.25) is 0 Å². The first-order valence-electron chi connectivity index (χ1n) is 11.6. The van der Waals surface area contributed by atoms with E-state index >= 15 is 0 Å². The number of ether oxygens (including phenoxy) is 1. The maximum Gasteiger partial charge on any atom is 0.295 e. The number of nitrogens with one attached hydrogen (secondary N) is 1. The van der Waals surface area contributed by atoms with Crippen molar-refractivity contribution in [1.82, 2.24) is 9.88 Å². The second kappa shape index (κ2) is 9.55. The Morgan fingerprint density at radius 3 is 2.47 bits per heavy atom. The van der Waals surface area contributed by atoms with Crippen LogP contribution in [0.3, 0.4) is 0 Å². The predicted octanol–water partition coefficient (Wildman–Crippen LogP) is 5.80. The van der Waals surface area contributed by atoms with Gasteiger partial charge in [-0.25, -0.2) is 0 Å². The number of halogens is 1. The fraction of sp³-hybridized carbons (Fsp3) is 0.172. The molecule has 1 amide bonds. The van der Waals surface area contributed by atoms with Crippen LogP contribution in [0.25, 0.3) is 16.7 Å². The first-order valence-corrected chi connectivity index (χ1v) is 12.0. The molecule has 0 saturated carbocycles. The Kier molecular flexibility index (Phi) is 6.29. The number of fused-ring (bicyclic) bond motifs is 1. The molecule has 0 bridgehead atoms. The number of Topliss-reactive ketones (excluding diaryl/α,β-unsaturated/α-hetero) is 1. The molecule has 0 radical (unpaired) electrons. The second-order valence-corrected chi connectivity index (χ2v) is 9.32. The molecule has 2 heterocycles. The van der Waals surface area contributed by atoms with Gasteiger partial charge in [0.15, 0.2) is 0 Å². The van der Waals surface area contributed by atoms with Crippen molar-refractivity contribution in [3.8, 4) is 5.75 Å². The molecule has 1 atom stereocenters. The smallest absolute Gasteiger partial charge is 0.295 e. The molecule has 1 saturated heterocycles. The highest BCUT2D eigenvalue weighted by Crippen LogP contribution is 2.40. The molecular formula is C29H25ClN2O4. The zero-order valence-electron chi connectivity index (χ0n) is 19.9. The van der Waals surface area contributed by atoms with Crippen LogP contribution in [0.1, 0.15) is 28.3 Å². The third-order valence-corrected chi connectivity index (χ3v) is 6.90. The maximum absolute atomic E-state index is 13.3. The monoisotopic (exact) mass is 500 g/mol. The fourth-order valence-corrected chi connectivity index (χ4v) is 4.83. The van der Waals surface area contributed by atoms with Crippen molar-refractivity contribution in [3.05, 3.63) is 106 Å². The molecule has 5 rings (SSSR count). The van der Waals surface area contributed by atoms with Crippen LogP contribution in [-0.2, 0) is 16.0 Å². The van der Waals surface area contributed by atoms with Gasteiger partial charge in [-0.3, -0.25) is 9.59 Å². The third kappa shape index (κ3) is 4.25. The van der Waals surface area contributed by atoms with Crippen LogP contribution < -0.4 is 4.74 Å². The zero-order valence-corrected chi connectivity index (χ0v) is 20.7. The van der Waals surface area contributed by atoms with Gasteiger partial charge in [-0.15, -0.1) is 0 Å². The summed E-state index contributed by atoms with van der Waals surface area (Å²) in [5.41, 5.74) is 4.29. The summed E-state index contributed by atoms with van der Waals surface area (Å²) in [4.78, 5) is 31.3. The van der Waals surface area contributed by atoms with E-state index in [-0.39, 0.29) is 11.3 Å². The Hall–Kier alpha value is -4.03. The van der Waals surface area contributed by atoms with Crippen LogP contribution in [0.5, 0.6) is 5.75 Å². The molecule has 0 aliphatic carbocycles. The number of amides is 1. The number of carbonyl (C=O) groups is 2. The minimum absolute atomic E-state index is 0.0757. The van der Waals surface area contributed by atoms with E-state index in [0.717, 1.165) is 33.3 Å². The molecule has 0 unspecified atom stereocenters. The topological polar surface area (TPSA) is 82.6 Å². The number of aliphatic hydroxyl groups is 1. The van der Waals surface area contributed by atoms with Crippen molar-refractivity contribution in [2.75, 3.05) is 13.7 Å². The molecule has 4 aromatic rings. The Morgan fingerprint density at radius 1 is 1.06 bits per heavy atom. The van der Waals surface area contributed by atoms with Gasteiger partial charge in [0.25, 0.3) is 11.7 Å². The summed E-state index contributed by atoms with van der Waals surface area (Å²) in [5, 5.41) is 12.7. The molecule has 1 aromatic heterocycles. The molecule has 1 fully saturated rings. The van der Waals surface area contributed by atoms with Crippen LogP contribution in [0.2, 0.25) is 5.02 Å². The Balaban J connectivity index is 1.55. The lowest BCUT2D eigenvalue weighted by molar-refractivity contribution is -0.139. The van der Waals surface area contributed by atoms with Gasteiger partial charge < -0.3 is 19.7 Å². The first kappa shape index (κ1) is 23.7. The molecule has 1 aliphatic heterocycles. The molecule has 2 N–H and O–H groups in total. The lowest BCUT2D eigenvalue weighted by Crippen LogP contribution is -2.31. The Labute approximate surface area is 213 Å². The number of H-pyrrole nitrogens is 1. The van der Waals surface area contributed by atoms with E-state index in [1.165, 1.54) is 0 Å². The molecular weight excluding hydrogens is 476 g/mol. The quantitative estimate of drug-likeness (QED) is 0.199. The number of rotatable bonds is 6. The molecule has 3 aromatic carbocycles. The molecule has 182 valence electrons. The summed E-state index contributed by atoms with van der Waals surface area (Å²) in [6, 6.07) is 19.3. The minimum Gasteiger partial charge on any atom is -0.507 e. The number of aryl methyl sites for hydroxylation is 1. The van der Waals surface area contributed by atoms with Crippen molar-refractivity contribution in [3.63, 3.8) is 0 Å². The van der Waals surface area contributed by atoms with E-state index in [0.29, 0.717) is 23.6 Å². The summed E-state index contributed by atoms with van der Waals surface area (Å²) in [7, 11) is 1.62. The number of aliphatic hydroxyl groups excluding tert-OH is 1. The van der Waals surface area contributed by atoms with E-state index in [4.69, 9.17) is 16.3 Å². The van der Waals surface area contributed by atoms with E-state index in [1.807, 2.05) is 55.6 Å². The van der Waals surface area contributed by atoms with Gasteiger partial charge >= 0.3 is 0 Å². The zero-order chi connectivity index (χ0) is 25.4. The summed E-state index contributed by atoms with van der Waals surface area (Å²) >= 11 is 6.00. The van der Waals surface area contributed by atoms with Gasteiger partial charge in [-0.1, -0.05) is 41.4 Å². The minimum atomic E-state index is -0.707. The molecule has 7 heteroatoms. The van der Waals surface area contributed by atoms with Crippen LogP contribution in [0.15, 0.2) is 78.5 Å². The van der Waals surface area contributed by atoms with Crippen molar-refractivity contribution in [2.24, 2.45) is 0 Å². The lowest BCUT2D eigenvalue weighted by atomic mass is 9.94. The van der Waals surface area contributed by atoms with E-state index in [9.17, 15) is 14.7 Å². The highest BCUT2D eigenvalue weighted by molar-refractivity contribution is 6.46. The number of benzene rings is 3. The molecule has 36 heavy (non-hydrogen) atoms. The number of aromatic amines is 1. The first-order chi connectivity index (χ1) is 17.4.